The molecule has 1 aromatic rings. The predicted molar refractivity (Wildman–Crippen MR) is 71.5 cm³/mol. The molecule has 0 unspecified atom stereocenters. The van der Waals surface area contributed by atoms with Gasteiger partial charge in [0.15, 0.2) is 0 Å². The summed E-state index contributed by atoms with van der Waals surface area (Å²) >= 11 is 0. The van der Waals surface area contributed by atoms with Crippen LogP contribution in [0.2, 0.25) is 0 Å². The van der Waals surface area contributed by atoms with E-state index >= 15 is 0 Å². The van der Waals surface area contributed by atoms with Crippen LogP contribution in [0.3, 0.4) is 0 Å². The number of para-hydroxylation sites is 1. The minimum Gasteiger partial charge on any atom is -0.491 e. The Kier molecular flexibility index (Phi) is 6.06. The fourth-order valence-electron chi connectivity index (χ4n) is 1.63. The quantitative estimate of drug-likeness (QED) is 0.674. The van der Waals surface area contributed by atoms with E-state index in [0.717, 1.165) is 12.2 Å². The van der Waals surface area contributed by atoms with Crippen LogP contribution in [0.1, 0.15) is 26.3 Å². The van der Waals surface area contributed by atoms with Crippen LogP contribution in [0.5, 0.6) is 5.75 Å². The summed E-state index contributed by atoms with van der Waals surface area (Å²) in [7, 11) is 1.69. The summed E-state index contributed by atoms with van der Waals surface area (Å²) in [6, 6.07) is 8.29. The SMILES string of the molecule is COCCOc1ccccc1C[C@@H](C)C(C)C. The van der Waals surface area contributed by atoms with Crippen molar-refractivity contribution in [1.29, 1.82) is 0 Å². The van der Waals surface area contributed by atoms with Crippen molar-refractivity contribution in [3.63, 3.8) is 0 Å². The molecule has 0 bridgehead atoms. The summed E-state index contributed by atoms with van der Waals surface area (Å²) in [5, 5.41) is 0. The molecule has 0 aliphatic heterocycles. The van der Waals surface area contributed by atoms with E-state index in [0.29, 0.717) is 25.0 Å². The Morgan fingerprint density at radius 3 is 2.41 bits per heavy atom. The average Bonchev–Trinajstić information content (AvgIpc) is 2.31. The van der Waals surface area contributed by atoms with Gasteiger partial charge in [-0.05, 0) is 29.9 Å². The van der Waals surface area contributed by atoms with E-state index in [1.165, 1.54) is 5.56 Å². The zero-order chi connectivity index (χ0) is 12.7. The van der Waals surface area contributed by atoms with Gasteiger partial charge in [0.25, 0.3) is 0 Å². The van der Waals surface area contributed by atoms with Crippen molar-refractivity contribution < 1.29 is 9.47 Å². The Morgan fingerprint density at radius 1 is 1.06 bits per heavy atom. The van der Waals surface area contributed by atoms with Crippen molar-refractivity contribution >= 4 is 0 Å². The van der Waals surface area contributed by atoms with Crippen molar-refractivity contribution in [2.45, 2.75) is 27.2 Å². The fraction of sp³-hybridized carbons (Fsp3) is 0.600. The van der Waals surface area contributed by atoms with Crippen molar-refractivity contribution in [2.24, 2.45) is 11.8 Å². The number of rotatable bonds is 7. The Labute approximate surface area is 105 Å². The molecule has 0 saturated carbocycles. The largest absolute Gasteiger partial charge is 0.491 e. The van der Waals surface area contributed by atoms with Gasteiger partial charge in [0.1, 0.15) is 12.4 Å². The van der Waals surface area contributed by atoms with Gasteiger partial charge in [-0.15, -0.1) is 0 Å². The molecule has 0 aromatic heterocycles. The van der Waals surface area contributed by atoms with Crippen molar-refractivity contribution in [1.82, 2.24) is 0 Å². The molecule has 0 aliphatic carbocycles. The number of hydrogen-bond donors (Lipinski definition) is 0. The molecule has 0 saturated heterocycles. The summed E-state index contributed by atoms with van der Waals surface area (Å²) in [5.41, 5.74) is 1.30. The molecular formula is C15H24O2. The maximum absolute atomic E-state index is 5.73. The van der Waals surface area contributed by atoms with Crippen molar-refractivity contribution in [2.75, 3.05) is 20.3 Å². The van der Waals surface area contributed by atoms with Gasteiger partial charge in [-0.3, -0.25) is 0 Å². The van der Waals surface area contributed by atoms with Crippen LogP contribution in [-0.4, -0.2) is 20.3 Å². The third-order valence-corrected chi connectivity index (χ3v) is 3.20. The lowest BCUT2D eigenvalue weighted by atomic mass is 9.91. The molecule has 0 N–H and O–H groups in total. The maximum atomic E-state index is 5.73. The lowest BCUT2D eigenvalue weighted by Crippen LogP contribution is -2.10. The number of methoxy groups -OCH3 is 1. The van der Waals surface area contributed by atoms with Crippen LogP contribution in [0, 0.1) is 11.8 Å². The molecule has 0 aliphatic rings. The Hall–Kier alpha value is -1.02. The van der Waals surface area contributed by atoms with Crippen molar-refractivity contribution in [3.8, 4) is 5.75 Å². The molecule has 1 rings (SSSR count). The molecule has 1 atom stereocenters. The average molecular weight is 236 g/mol. The molecule has 17 heavy (non-hydrogen) atoms. The van der Waals surface area contributed by atoms with E-state index in [2.05, 4.69) is 32.9 Å². The van der Waals surface area contributed by atoms with Gasteiger partial charge in [0.05, 0.1) is 6.61 Å². The van der Waals surface area contributed by atoms with Crippen LogP contribution in [-0.2, 0) is 11.2 Å². The summed E-state index contributed by atoms with van der Waals surface area (Å²) in [6.07, 6.45) is 1.07. The molecule has 0 heterocycles. The molecule has 0 amide bonds. The topological polar surface area (TPSA) is 18.5 Å². The second-order valence-electron chi connectivity index (χ2n) is 4.87. The summed E-state index contributed by atoms with van der Waals surface area (Å²) < 4.78 is 10.7. The van der Waals surface area contributed by atoms with E-state index in [1.54, 1.807) is 7.11 Å². The third-order valence-electron chi connectivity index (χ3n) is 3.20. The lowest BCUT2D eigenvalue weighted by molar-refractivity contribution is 0.145. The van der Waals surface area contributed by atoms with Gasteiger partial charge in [0, 0.05) is 7.11 Å². The maximum Gasteiger partial charge on any atom is 0.122 e. The van der Waals surface area contributed by atoms with Gasteiger partial charge >= 0.3 is 0 Å². The van der Waals surface area contributed by atoms with Gasteiger partial charge in [-0.25, -0.2) is 0 Å². The highest BCUT2D eigenvalue weighted by molar-refractivity contribution is 5.33. The van der Waals surface area contributed by atoms with Gasteiger partial charge in [-0.2, -0.15) is 0 Å². The first-order valence-corrected chi connectivity index (χ1v) is 6.34. The second kappa shape index (κ2) is 7.33. The van der Waals surface area contributed by atoms with Gasteiger partial charge < -0.3 is 9.47 Å². The molecule has 0 fully saturated rings. The summed E-state index contributed by atoms with van der Waals surface area (Å²) in [6.45, 7) is 8.06. The fourth-order valence-corrected chi connectivity index (χ4v) is 1.63. The van der Waals surface area contributed by atoms with E-state index < -0.39 is 0 Å². The first-order chi connectivity index (χ1) is 8.15. The van der Waals surface area contributed by atoms with Gasteiger partial charge in [-0.1, -0.05) is 39.0 Å². The van der Waals surface area contributed by atoms with Crippen LogP contribution < -0.4 is 4.74 Å². The molecule has 2 nitrogen and oxygen atoms in total. The Balaban J connectivity index is 2.63. The minimum absolute atomic E-state index is 0.615. The summed E-state index contributed by atoms with van der Waals surface area (Å²) in [4.78, 5) is 0. The minimum atomic E-state index is 0.615. The van der Waals surface area contributed by atoms with E-state index in [-0.39, 0.29) is 0 Å². The first kappa shape index (κ1) is 14.0. The van der Waals surface area contributed by atoms with E-state index in [1.807, 2.05) is 12.1 Å². The van der Waals surface area contributed by atoms with Crippen LogP contribution in [0.4, 0.5) is 0 Å². The monoisotopic (exact) mass is 236 g/mol. The highest BCUT2D eigenvalue weighted by Gasteiger charge is 2.11. The highest BCUT2D eigenvalue weighted by atomic mass is 16.5. The lowest BCUT2D eigenvalue weighted by Gasteiger charge is -2.18. The molecule has 0 radical (unpaired) electrons. The molecular weight excluding hydrogens is 212 g/mol. The standard InChI is InChI=1S/C15H24O2/c1-12(2)13(3)11-14-7-5-6-8-15(14)17-10-9-16-4/h5-8,12-13H,9-11H2,1-4H3/t13-/m1/s1. The van der Waals surface area contributed by atoms with Crippen LogP contribution in [0.25, 0.3) is 0 Å². The molecule has 0 spiro atoms. The summed E-state index contributed by atoms with van der Waals surface area (Å²) in [5.74, 6) is 2.36. The van der Waals surface area contributed by atoms with Crippen molar-refractivity contribution in [3.05, 3.63) is 29.8 Å². The number of ether oxygens (including phenoxy) is 2. The molecule has 2 heteroatoms. The highest BCUT2D eigenvalue weighted by Crippen LogP contribution is 2.24. The van der Waals surface area contributed by atoms with E-state index in [9.17, 15) is 0 Å². The molecule has 96 valence electrons. The second-order valence-corrected chi connectivity index (χ2v) is 4.87. The first-order valence-electron chi connectivity index (χ1n) is 6.34. The number of benzene rings is 1. The smallest absolute Gasteiger partial charge is 0.122 e. The molecule has 1 aromatic carbocycles. The zero-order valence-electron chi connectivity index (χ0n) is 11.4. The van der Waals surface area contributed by atoms with Crippen LogP contribution in [0.15, 0.2) is 24.3 Å². The zero-order valence-corrected chi connectivity index (χ0v) is 11.4. The number of hydrogen-bond acceptors (Lipinski definition) is 2. The van der Waals surface area contributed by atoms with Crippen LogP contribution >= 0.6 is 0 Å². The van der Waals surface area contributed by atoms with E-state index in [4.69, 9.17) is 9.47 Å². The Morgan fingerprint density at radius 2 is 1.76 bits per heavy atom. The normalized spacial score (nSPS) is 12.8. The third kappa shape index (κ3) is 4.78. The Bertz CT molecular complexity index is 320. The van der Waals surface area contributed by atoms with Gasteiger partial charge in [0.2, 0.25) is 0 Å². The predicted octanol–water partition coefficient (Wildman–Crippen LogP) is 3.55.